The van der Waals surface area contributed by atoms with E-state index in [1.165, 1.54) is 0 Å². The molecule has 2 saturated heterocycles. The highest BCUT2D eigenvalue weighted by molar-refractivity contribution is 5.44. The molecule has 0 aromatic carbocycles. The van der Waals surface area contributed by atoms with Crippen molar-refractivity contribution in [3.8, 4) is 0 Å². The second kappa shape index (κ2) is 5.40. The van der Waals surface area contributed by atoms with Crippen molar-refractivity contribution in [2.75, 3.05) is 54.9 Å². The van der Waals surface area contributed by atoms with E-state index in [4.69, 9.17) is 10.5 Å². The van der Waals surface area contributed by atoms with E-state index < -0.39 is 0 Å². The molecule has 7 nitrogen and oxygen atoms in total. The van der Waals surface area contributed by atoms with Crippen LogP contribution in [0.25, 0.3) is 0 Å². The average Bonchev–Trinajstić information content (AvgIpc) is 2.79. The predicted octanol–water partition coefficient (Wildman–Crippen LogP) is 0.383. The molecular weight excluding hydrogens is 256 g/mol. The third-order valence-electron chi connectivity index (χ3n) is 4.19. The minimum absolute atomic E-state index is 0.295. The summed E-state index contributed by atoms with van der Waals surface area (Å²) in [5.41, 5.74) is 5.86. The molecule has 0 radical (unpaired) electrons. The lowest BCUT2D eigenvalue weighted by atomic mass is 10.0. The first-order valence-electron chi connectivity index (χ1n) is 7.22. The molecule has 7 heteroatoms. The van der Waals surface area contributed by atoms with Crippen LogP contribution in [0.15, 0.2) is 0 Å². The minimum atomic E-state index is 0.295. The lowest BCUT2D eigenvalue weighted by molar-refractivity contribution is 0.122. The van der Waals surface area contributed by atoms with Crippen LogP contribution in [0.1, 0.15) is 13.8 Å². The predicted molar refractivity (Wildman–Crippen MR) is 77.8 cm³/mol. The summed E-state index contributed by atoms with van der Waals surface area (Å²) in [4.78, 5) is 17.5. The second-order valence-electron chi connectivity index (χ2n) is 5.75. The Bertz CT molecular complexity index is 466. The Hall–Kier alpha value is -1.63. The number of nitrogens with zero attached hydrogens (tertiary/aromatic N) is 5. The van der Waals surface area contributed by atoms with Gasteiger partial charge in [-0.1, -0.05) is 13.8 Å². The normalized spacial score (nSPS) is 27.1. The topological polar surface area (TPSA) is 80.4 Å². The number of nitrogen functional groups attached to an aromatic ring is 1. The number of hydrogen-bond acceptors (Lipinski definition) is 7. The summed E-state index contributed by atoms with van der Waals surface area (Å²) >= 11 is 0. The Morgan fingerprint density at radius 3 is 2.10 bits per heavy atom. The van der Waals surface area contributed by atoms with Gasteiger partial charge in [0.15, 0.2) is 0 Å². The van der Waals surface area contributed by atoms with E-state index in [2.05, 4.69) is 38.6 Å². The number of aromatic nitrogens is 3. The van der Waals surface area contributed by atoms with E-state index in [1.807, 2.05) is 0 Å². The molecule has 2 fully saturated rings. The number of ether oxygens (including phenoxy) is 1. The molecule has 110 valence electrons. The van der Waals surface area contributed by atoms with Gasteiger partial charge in [0, 0.05) is 26.2 Å². The Morgan fingerprint density at radius 1 is 0.950 bits per heavy atom. The first-order valence-corrected chi connectivity index (χ1v) is 7.22. The van der Waals surface area contributed by atoms with Crippen molar-refractivity contribution >= 4 is 17.8 Å². The monoisotopic (exact) mass is 278 g/mol. The van der Waals surface area contributed by atoms with Gasteiger partial charge in [-0.25, -0.2) is 0 Å². The summed E-state index contributed by atoms with van der Waals surface area (Å²) in [7, 11) is 0. The van der Waals surface area contributed by atoms with E-state index in [0.717, 1.165) is 26.2 Å². The second-order valence-corrected chi connectivity index (χ2v) is 5.75. The number of anilines is 3. The molecule has 0 bridgehead atoms. The lowest BCUT2D eigenvalue weighted by Crippen LogP contribution is -2.38. The molecule has 0 aliphatic carbocycles. The van der Waals surface area contributed by atoms with Crippen LogP contribution in [0, 0.1) is 11.8 Å². The van der Waals surface area contributed by atoms with Crippen molar-refractivity contribution in [3.05, 3.63) is 0 Å². The molecule has 1 aromatic rings. The molecule has 0 saturated carbocycles. The third-order valence-corrected chi connectivity index (χ3v) is 4.19. The van der Waals surface area contributed by atoms with Gasteiger partial charge in [-0.05, 0) is 11.8 Å². The Kier molecular flexibility index (Phi) is 3.60. The summed E-state index contributed by atoms with van der Waals surface area (Å²) in [6.45, 7) is 9.50. The standard InChI is InChI=1S/C13H22N6O/c1-9-7-19(8-10(9)2)13-16-11(14)15-12(17-13)18-3-5-20-6-4-18/h9-10H,3-8H2,1-2H3,(H2,14,15,16,17). The van der Waals surface area contributed by atoms with Crippen molar-refractivity contribution < 1.29 is 4.74 Å². The van der Waals surface area contributed by atoms with Gasteiger partial charge in [0.25, 0.3) is 0 Å². The highest BCUT2D eigenvalue weighted by Crippen LogP contribution is 2.26. The average molecular weight is 278 g/mol. The van der Waals surface area contributed by atoms with Crippen molar-refractivity contribution in [2.45, 2.75) is 13.8 Å². The van der Waals surface area contributed by atoms with E-state index in [0.29, 0.717) is 42.9 Å². The van der Waals surface area contributed by atoms with Crippen LogP contribution in [-0.2, 0) is 4.74 Å². The summed E-state index contributed by atoms with van der Waals surface area (Å²) in [6, 6.07) is 0. The number of rotatable bonds is 2. The zero-order valence-electron chi connectivity index (χ0n) is 12.1. The number of morpholine rings is 1. The maximum Gasteiger partial charge on any atom is 0.232 e. The number of nitrogens with two attached hydrogens (primary N) is 1. The molecule has 3 heterocycles. The van der Waals surface area contributed by atoms with E-state index >= 15 is 0 Å². The quantitative estimate of drug-likeness (QED) is 0.837. The smallest absolute Gasteiger partial charge is 0.232 e. The van der Waals surface area contributed by atoms with Gasteiger partial charge in [-0.15, -0.1) is 0 Å². The molecule has 2 N–H and O–H groups in total. The van der Waals surface area contributed by atoms with Gasteiger partial charge in [0.2, 0.25) is 17.8 Å². The van der Waals surface area contributed by atoms with Gasteiger partial charge < -0.3 is 20.3 Å². The highest BCUT2D eigenvalue weighted by atomic mass is 16.5. The fraction of sp³-hybridized carbons (Fsp3) is 0.769. The van der Waals surface area contributed by atoms with Crippen molar-refractivity contribution in [2.24, 2.45) is 11.8 Å². The van der Waals surface area contributed by atoms with Crippen molar-refractivity contribution in [3.63, 3.8) is 0 Å². The highest BCUT2D eigenvalue weighted by Gasteiger charge is 2.28. The Morgan fingerprint density at radius 2 is 1.50 bits per heavy atom. The maximum atomic E-state index is 5.86. The summed E-state index contributed by atoms with van der Waals surface area (Å²) in [6.07, 6.45) is 0. The summed E-state index contributed by atoms with van der Waals surface area (Å²) < 4.78 is 5.36. The van der Waals surface area contributed by atoms with E-state index in [9.17, 15) is 0 Å². The zero-order valence-corrected chi connectivity index (χ0v) is 12.1. The molecule has 3 rings (SSSR count). The SMILES string of the molecule is CC1CN(c2nc(N)nc(N3CCOCC3)n2)CC1C. The first-order chi connectivity index (χ1) is 9.63. The van der Waals surface area contributed by atoms with Gasteiger partial charge >= 0.3 is 0 Å². The van der Waals surface area contributed by atoms with Crippen LogP contribution < -0.4 is 15.5 Å². The van der Waals surface area contributed by atoms with E-state index in [-0.39, 0.29) is 0 Å². The summed E-state index contributed by atoms with van der Waals surface area (Å²) in [5, 5.41) is 0. The van der Waals surface area contributed by atoms with Crippen molar-refractivity contribution in [1.29, 1.82) is 0 Å². The lowest BCUT2D eigenvalue weighted by Gasteiger charge is -2.27. The van der Waals surface area contributed by atoms with Crippen LogP contribution in [0.2, 0.25) is 0 Å². The molecule has 2 unspecified atom stereocenters. The van der Waals surface area contributed by atoms with Gasteiger partial charge in [0.1, 0.15) is 0 Å². The van der Waals surface area contributed by atoms with E-state index in [1.54, 1.807) is 0 Å². The first kappa shape index (κ1) is 13.4. The van der Waals surface area contributed by atoms with Gasteiger partial charge in [-0.3, -0.25) is 0 Å². The molecule has 1 aromatic heterocycles. The molecule has 0 spiro atoms. The molecule has 20 heavy (non-hydrogen) atoms. The van der Waals surface area contributed by atoms with Gasteiger partial charge in [-0.2, -0.15) is 15.0 Å². The Balaban J connectivity index is 1.83. The fourth-order valence-electron chi connectivity index (χ4n) is 2.71. The van der Waals surface area contributed by atoms with Crippen LogP contribution in [0.3, 0.4) is 0 Å². The minimum Gasteiger partial charge on any atom is -0.378 e. The van der Waals surface area contributed by atoms with Crippen LogP contribution >= 0.6 is 0 Å². The largest absolute Gasteiger partial charge is 0.378 e. The fourth-order valence-corrected chi connectivity index (χ4v) is 2.71. The zero-order chi connectivity index (χ0) is 14.1. The molecule has 0 amide bonds. The summed E-state index contributed by atoms with van der Waals surface area (Å²) in [5.74, 6) is 2.97. The van der Waals surface area contributed by atoms with Crippen molar-refractivity contribution in [1.82, 2.24) is 15.0 Å². The van der Waals surface area contributed by atoms with Gasteiger partial charge in [0.05, 0.1) is 13.2 Å². The molecule has 2 atom stereocenters. The number of hydrogen-bond donors (Lipinski definition) is 1. The molecule has 2 aliphatic rings. The maximum absolute atomic E-state index is 5.86. The Labute approximate surface area is 119 Å². The van der Waals surface area contributed by atoms with Crippen LogP contribution in [0.5, 0.6) is 0 Å². The molecule has 2 aliphatic heterocycles. The molecular formula is C13H22N6O. The third kappa shape index (κ3) is 2.63. The van der Waals surface area contributed by atoms with Crippen LogP contribution in [-0.4, -0.2) is 54.3 Å². The van der Waals surface area contributed by atoms with Crippen LogP contribution in [0.4, 0.5) is 17.8 Å².